The lowest BCUT2D eigenvalue weighted by molar-refractivity contribution is 0.0712. The van der Waals surface area contributed by atoms with E-state index in [1.807, 2.05) is 24.0 Å². The molecule has 1 unspecified atom stereocenters. The smallest absolute Gasteiger partial charge is 0.263 e. The Hall–Kier alpha value is -2.12. The molecule has 7 heteroatoms. The van der Waals surface area contributed by atoms with Crippen molar-refractivity contribution in [2.24, 2.45) is 0 Å². The van der Waals surface area contributed by atoms with Gasteiger partial charge in [-0.1, -0.05) is 23.5 Å². The molecule has 4 rings (SSSR count). The number of carbonyl (C=O) groups excluding carboxylic acids is 1. The maximum atomic E-state index is 14.0. The molecule has 4 nitrogen and oxygen atoms in total. The molecule has 1 fully saturated rings. The molecule has 1 amide bonds. The number of halogens is 1. The first-order valence-corrected chi connectivity index (χ1v) is 10.2. The summed E-state index contributed by atoms with van der Waals surface area (Å²) in [6, 6.07) is 10.5. The summed E-state index contributed by atoms with van der Waals surface area (Å²) < 4.78 is 14.0. The highest BCUT2D eigenvalue weighted by atomic mass is 32.1. The second-order valence-corrected chi connectivity index (χ2v) is 8.72. The van der Waals surface area contributed by atoms with Crippen molar-refractivity contribution in [3.63, 3.8) is 0 Å². The first kappa shape index (κ1) is 17.3. The summed E-state index contributed by atoms with van der Waals surface area (Å²) >= 11 is 2.95. The monoisotopic (exact) mass is 387 g/mol. The number of nitrogens with zero attached hydrogens (tertiary/aromatic N) is 3. The number of likely N-dealkylation sites (tertiary alicyclic amines) is 1. The number of thiophene rings is 1. The fraction of sp³-hybridized carbons (Fsp3) is 0.316. The van der Waals surface area contributed by atoms with Crippen LogP contribution in [0.15, 0.2) is 36.4 Å². The highest BCUT2D eigenvalue weighted by Gasteiger charge is 2.28. The van der Waals surface area contributed by atoms with Gasteiger partial charge in [-0.05, 0) is 44.0 Å². The van der Waals surface area contributed by atoms with Gasteiger partial charge >= 0.3 is 0 Å². The number of aryl methyl sites for hydroxylation is 1. The molecule has 0 radical (unpaired) electrons. The molecule has 3 aromatic rings. The van der Waals surface area contributed by atoms with Crippen molar-refractivity contribution in [2.45, 2.75) is 25.7 Å². The largest absolute Gasteiger partial charge is 0.337 e. The van der Waals surface area contributed by atoms with E-state index in [9.17, 15) is 9.18 Å². The van der Waals surface area contributed by atoms with Crippen molar-refractivity contribution in [1.82, 2.24) is 15.1 Å². The normalized spacial score (nSPS) is 17.5. The van der Waals surface area contributed by atoms with Crippen molar-refractivity contribution in [1.29, 1.82) is 0 Å². The molecule has 0 saturated carbocycles. The number of carbonyl (C=O) groups is 1. The topological polar surface area (TPSA) is 46.1 Å². The molecule has 134 valence electrons. The maximum absolute atomic E-state index is 14.0. The van der Waals surface area contributed by atoms with Gasteiger partial charge in [0.25, 0.3) is 5.91 Å². The minimum Gasteiger partial charge on any atom is -0.337 e. The Bertz CT molecular complexity index is 936. The summed E-state index contributed by atoms with van der Waals surface area (Å²) in [6.07, 6.45) is 1.91. The lowest BCUT2D eigenvalue weighted by atomic mass is 9.98. The second-order valence-electron chi connectivity index (χ2n) is 6.43. The zero-order valence-electron chi connectivity index (χ0n) is 14.3. The molecule has 0 spiro atoms. The molecular formula is C19H18FN3OS2. The first-order chi connectivity index (χ1) is 12.6. The van der Waals surface area contributed by atoms with Crippen LogP contribution in [0, 0.1) is 12.7 Å². The van der Waals surface area contributed by atoms with Crippen LogP contribution in [0.1, 0.15) is 38.3 Å². The van der Waals surface area contributed by atoms with Gasteiger partial charge in [-0.25, -0.2) is 4.39 Å². The van der Waals surface area contributed by atoms with Crippen LogP contribution < -0.4 is 0 Å². The Labute approximate surface area is 159 Å². The van der Waals surface area contributed by atoms with Gasteiger partial charge in [0.05, 0.1) is 4.88 Å². The molecule has 1 saturated heterocycles. The fourth-order valence-corrected chi connectivity index (χ4v) is 5.04. The third-order valence-electron chi connectivity index (χ3n) is 4.55. The Morgan fingerprint density at radius 3 is 2.81 bits per heavy atom. The van der Waals surface area contributed by atoms with E-state index in [1.54, 1.807) is 18.2 Å². The number of hydrogen-bond donors (Lipinski definition) is 0. The lowest BCUT2D eigenvalue weighted by Gasteiger charge is -2.31. The molecule has 26 heavy (non-hydrogen) atoms. The molecule has 1 aromatic carbocycles. The van der Waals surface area contributed by atoms with Gasteiger partial charge < -0.3 is 4.90 Å². The average molecular weight is 388 g/mol. The number of amides is 1. The standard InChI is InChI=1S/C19H18FN3OS2/c1-12-8-9-16(25-12)19(24)23-10-4-5-13(11-23)17-21-22-18(26-17)14-6-2-3-7-15(14)20/h2-3,6-9,13H,4-5,10-11H2,1H3. The molecule has 1 atom stereocenters. The summed E-state index contributed by atoms with van der Waals surface area (Å²) in [5.41, 5.74) is 0.481. The second kappa shape index (κ2) is 7.25. The van der Waals surface area contributed by atoms with Crippen molar-refractivity contribution in [2.75, 3.05) is 13.1 Å². The van der Waals surface area contributed by atoms with Crippen LogP contribution in [0.5, 0.6) is 0 Å². The Balaban J connectivity index is 1.52. The zero-order chi connectivity index (χ0) is 18.1. The van der Waals surface area contributed by atoms with E-state index in [2.05, 4.69) is 10.2 Å². The van der Waals surface area contributed by atoms with Gasteiger partial charge in [0.1, 0.15) is 10.8 Å². The lowest BCUT2D eigenvalue weighted by Crippen LogP contribution is -2.38. The van der Waals surface area contributed by atoms with E-state index in [-0.39, 0.29) is 17.6 Å². The van der Waals surface area contributed by atoms with Gasteiger partial charge in [-0.15, -0.1) is 21.5 Å². The minimum atomic E-state index is -0.288. The third kappa shape index (κ3) is 3.41. The van der Waals surface area contributed by atoms with E-state index in [0.717, 1.165) is 34.1 Å². The molecule has 0 aliphatic carbocycles. The highest BCUT2D eigenvalue weighted by Crippen LogP contribution is 2.34. The van der Waals surface area contributed by atoms with E-state index >= 15 is 0 Å². The predicted molar refractivity (Wildman–Crippen MR) is 102 cm³/mol. The highest BCUT2D eigenvalue weighted by molar-refractivity contribution is 7.14. The minimum absolute atomic E-state index is 0.0895. The summed E-state index contributed by atoms with van der Waals surface area (Å²) in [4.78, 5) is 16.5. The van der Waals surface area contributed by atoms with Crippen LogP contribution in [-0.2, 0) is 0 Å². The molecule has 2 aromatic heterocycles. The summed E-state index contributed by atoms with van der Waals surface area (Å²) in [5.74, 6) is -0.0397. The molecule has 1 aliphatic heterocycles. The van der Waals surface area contributed by atoms with Crippen LogP contribution in [0.2, 0.25) is 0 Å². The zero-order valence-corrected chi connectivity index (χ0v) is 15.9. The van der Waals surface area contributed by atoms with Crippen LogP contribution >= 0.6 is 22.7 Å². The van der Waals surface area contributed by atoms with Gasteiger partial charge in [0, 0.05) is 29.4 Å². The number of aromatic nitrogens is 2. The van der Waals surface area contributed by atoms with Gasteiger partial charge in [-0.2, -0.15) is 0 Å². The Kier molecular flexibility index (Phi) is 4.82. The number of piperidine rings is 1. The van der Waals surface area contributed by atoms with Crippen LogP contribution in [0.25, 0.3) is 10.6 Å². The molecular weight excluding hydrogens is 369 g/mol. The fourth-order valence-electron chi connectivity index (χ4n) is 3.21. The van der Waals surface area contributed by atoms with Crippen LogP contribution in [0.3, 0.4) is 0 Å². The van der Waals surface area contributed by atoms with E-state index in [4.69, 9.17) is 0 Å². The SMILES string of the molecule is Cc1ccc(C(=O)N2CCCC(c3nnc(-c4ccccc4F)s3)C2)s1. The van der Waals surface area contributed by atoms with Crippen molar-refractivity contribution < 1.29 is 9.18 Å². The molecule has 1 aliphatic rings. The molecule has 0 N–H and O–H groups in total. The maximum Gasteiger partial charge on any atom is 0.263 e. The van der Waals surface area contributed by atoms with E-state index in [1.165, 1.54) is 28.7 Å². The quantitative estimate of drug-likeness (QED) is 0.652. The van der Waals surface area contributed by atoms with E-state index in [0.29, 0.717) is 17.1 Å². The van der Waals surface area contributed by atoms with Crippen molar-refractivity contribution >= 4 is 28.6 Å². The van der Waals surface area contributed by atoms with Gasteiger partial charge in [-0.3, -0.25) is 4.79 Å². The third-order valence-corrected chi connectivity index (χ3v) is 6.66. The van der Waals surface area contributed by atoms with Crippen molar-refractivity contribution in [3.8, 4) is 10.6 Å². The van der Waals surface area contributed by atoms with Crippen LogP contribution in [0.4, 0.5) is 4.39 Å². The van der Waals surface area contributed by atoms with Gasteiger partial charge in [0.15, 0.2) is 5.01 Å². The summed E-state index contributed by atoms with van der Waals surface area (Å²) in [6.45, 7) is 3.42. The van der Waals surface area contributed by atoms with E-state index < -0.39 is 0 Å². The van der Waals surface area contributed by atoms with Crippen LogP contribution in [-0.4, -0.2) is 34.1 Å². The number of hydrogen-bond acceptors (Lipinski definition) is 5. The molecule has 3 heterocycles. The first-order valence-electron chi connectivity index (χ1n) is 8.56. The predicted octanol–water partition coefficient (Wildman–Crippen LogP) is 4.73. The van der Waals surface area contributed by atoms with Gasteiger partial charge in [0.2, 0.25) is 0 Å². The number of rotatable bonds is 3. The molecule has 0 bridgehead atoms. The average Bonchev–Trinajstić information content (AvgIpc) is 3.31. The summed E-state index contributed by atoms with van der Waals surface area (Å²) in [5, 5.41) is 9.95. The Morgan fingerprint density at radius 1 is 1.19 bits per heavy atom. The number of benzene rings is 1. The van der Waals surface area contributed by atoms with Crippen molar-refractivity contribution in [3.05, 3.63) is 57.0 Å². The Morgan fingerprint density at radius 2 is 2.04 bits per heavy atom. The summed E-state index contributed by atoms with van der Waals surface area (Å²) in [7, 11) is 0.